The molecule has 0 saturated carbocycles. The van der Waals surface area contributed by atoms with Crippen LogP contribution >= 0.6 is 0 Å². The van der Waals surface area contributed by atoms with Gasteiger partial charge in [0.2, 0.25) is 6.29 Å². The summed E-state index contributed by atoms with van der Waals surface area (Å²) in [4.78, 5) is 38.8. The summed E-state index contributed by atoms with van der Waals surface area (Å²) in [5.41, 5.74) is 7.74. The van der Waals surface area contributed by atoms with E-state index in [2.05, 4.69) is 4.98 Å². The Bertz CT molecular complexity index is 957. The van der Waals surface area contributed by atoms with Gasteiger partial charge in [0.1, 0.15) is 5.69 Å². The molecule has 0 radical (unpaired) electrons. The molecule has 146 valence electrons. The van der Waals surface area contributed by atoms with Crippen LogP contribution in [0.2, 0.25) is 0 Å². The maximum atomic E-state index is 12.3. The average Bonchev–Trinajstić information content (AvgIpc) is 3.30. The van der Waals surface area contributed by atoms with Crippen LogP contribution < -0.4 is 5.73 Å². The average molecular weight is 384 g/mol. The van der Waals surface area contributed by atoms with Gasteiger partial charge < -0.3 is 24.6 Å². The molecule has 0 fully saturated rings. The van der Waals surface area contributed by atoms with Crippen LogP contribution in [-0.2, 0) is 20.7 Å². The lowest BCUT2D eigenvalue weighted by Gasteiger charge is -2.16. The van der Waals surface area contributed by atoms with Gasteiger partial charge in [0, 0.05) is 25.0 Å². The quantitative estimate of drug-likeness (QED) is 0.452. The second-order valence-electron chi connectivity index (χ2n) is 6.15. The maximum Gasteiger partial charge on any atom is 0.357 e. The number of ketones is 1. The molecule has 0 bridgehead atoms. The molecule has 8 nitrogen and oxygen atoms in total. The van der Waals surface area contributed by atoms with Gasteiger partial charge >= 0.3 is 11.9 Å². The predicted molar refractivity (Wildman–Crippen MR) is 99.7 cm³/mol. The molecule has 0 aliphatic carbocycles. The Morgan fingerprint density at radius 1 is 1.11 bits per heavy atom. The largest absolute Gasteiger partial charge is 0.463 e. The van der Waals surface area contributed by atoms with Crippen LogP contribution in [0.3, 0.4) is 0 Å². The van der Waals surface area contributed by atoms with E-state index in [1.165, 1.54) is 12.3 Å². The smallest absolute Gasteiger partial charge is 0.357 e. The van der Waals surface area contributed by atoms with Crippen LogP contribution in [0.15, 0.2) is 47.1 Å². The number of aromatic amines is 1. The number of H-pyrrole nitrogens is 1. The number of ether oxygens (including phenoxy) is 2. The Kier molecular flexibility index (Phi) is 5.90. The lowest BCUT2D eigenvalue weighted by atomic mass is 10.1. The first-order valence-corrected chi connectivity index (χ1v) is 8.79. The Hall–Kier alpha value is -3.39. The van der Waals surface area contributed by atoms with E-state index in [0.717, 1.165) is 5.56 Å². The van der Waals surface area contributed by atoms with E-state index in [1.54, 1.807) is 37.3 Å². The minimum absolute atomic E-state index is 0.0282. The van der Waals surface area contributed by atoms with Gasteiger partial charge in [0.15, 0.2) is 11.4 Å². The fourth-order valence-electron chi connectivity index (χ4n) is 2.58. The molecule has 0 saturated heterocycles. The number of benzene rings is 1. The molecular weight excluding hydrogens is 364 g/mol. The van der Waals surface area contributed by atoms with Gasteiger partial charge in [-0.1, -0.05) is 19.1 Å². The van der Waals surface area contributed by atoms with Gasteiger partial charge in [0.05, 0.1) is 23.9 Å². The number of carbonyl (C=O) groups excluding carboxylic acids is 3. The normalized spacial score (nSPS) is 11.9. The summed E-state index contributed by atoms with van der Waals surface area (Å²) in [5, 5.41) is 0. The highest BCUT2D eigenvalue weighted by Gasteiger charge is 2.21. The third kappa shape index (κ3) is 4.47. The number of rotatable bonds is 8. The molecule has 3 N–H and O–H groups in total. The van der Waals surface area contributed by atoms with E-state index in [0.29, 0.717) is 11.1 Å². The number of fused-ring (bicyclic) bond motifs is 1. The molecule has 1 aromatic carbocycles. The fraction of sp³-hybridized carbons (Fsp3) is 0.250. The molecule has 8 heteroatoms. The third-order valence-corrected chi connectivity index (χ3v) is 4.09. The Morgan fingerprint density at radius 3 is 2.46 bits per heavy atom. The van der Waals surface area contributed by atoms with Crippen molar-refractivity contribution in [3.63, 3.8) is 0 Å². The van der Waals surface area contributed by atoms with Gasteiger partial charge in [-0.05, 0) is 17.7 Å². The van der Waals surface area contributed by atoms with Gasteiger partial charge in [-0.25, -0.2) is 9.59 Å². The van der Waals surface area contributed by atoms with E-state index < -0.39 is 18.2 Å². The summed E-state index contributed by atoms with van der Waals surface area (Å²) in [7, 11) is 0. The van der Waals surface area contributed by atoms with Gasteiger partial charge in [0.25, 0.3) is 0 Å². The summed E-state index contributed by atoms with van der Waals surface area (Å²) in [5.74, 6) is -1.37. The Labute approximate surface area is 160 Å². The van der Waals surface area contributed by atoms with Crippen LogP contribution in [0.5, 0.6) is 0 Å². The number of esters is 2. The number of hydrogen-bond donors (Lipinski definition) is 2. The number of hydrogen-bond acceptors (Lipinski definition) is 7. The maximum absolute atomic E-state index is 12.3. The van der Waals surface area contributed by atoms with Crippen LogP contribution in [0.25, 0.3) is 11.1 Å². The first-order valence-electron chi connectivity index (χ1n) is 8.79. The first-order chi connectivity index (χ1) is 13.5. The van der Waals surface area contributed by atoms with E-state index in [9.17, 15) is 14.4 Å². The molecule has 3 rings (SSSR count). The first kappa shape index (κ1) is 19.4. The Balaban J connectivity index is 1.60. The van der Waals surface area contributed by atoms with Crippen LogP contribution in [0, 0.1) is 0 Å². The van der Waals surface area contributed by atoms with Crippen molar-refractivity contribution in [2.75, 3.05) is 6.54 Å². The standard InChI is InChI=1S/C20H20N2O6/c1-2-18(28-20(25)16-10-17-15(22-16)7-8-26-17)27-19(24)13-5-3-12(4-6-13)9-14(23)11-21/h3-8,10,18,22H,2,9,11,21H2,1H3. The van der Waals surface area contributed by atoms with E-state index >= 15 is 0 Å². The number of carbonyl (C=O) groups is 3. The third-order valence-electron chi connectivity index (χ3n) is 4.09. The summed E-state index contributed by atoms with van der Waals surface area (Å²) in [6, 6.07) is 9.63. The lowest BCUT2D eigenvalue weighted by Crippen LogP contribution is -2.24. The molecule has 2 aromatic heterocycles. The van der Waals surface area contributed by atoms with Gasteiger partial charge in [-0.3, -0.25) is 4.79 Å². The number of Topliss-reactive ketones (excluding diaryl/α,β-unsaturated/α-hetero) is 1. The van der Waals surface area contributed by atoms with Gasteiger partial charge in [-0.2, -0.15) is 0 Å². The molecular formula is C20H20N2O6. The minimum Gasteiger partial charge on any atom is -0.463 e. The highest BCUT2D eigenvalue weighted by Crippen LogP contribution is 2.18. The summed E-state index contributed by atoms with van der Waals surface area (Å²) >= 11 is 0. The van der Waals surface area contributed by atoms with Crippen LogP contribution in [0.1, 0.15) is 39.8 Å². The monoisotopic (exact) mass is 384 g/mol. The van der Waals surface area contributed by atoms with Crippen LogP contribution in [-0.4, -0.2) is 35.5 Å². The number of nitrogens with one attached hydrogen (secondary N) is 1. The van der Waals surface area contributed by atoms with Crippen molar-refractivity contribution in [1.29, 1.82) is 0 Å². The molecule has 0 spiro atoms. The molecule has 1 unspecified atom stereocenters. The molecule has 2 heterocycles. The minimum atomic E-state index is -1.03. The summed E-state index contributed by atoms with van der Waals surface area (Å²) < 4.78 is 15.7. The van der Waals surface area contributed by atoms with E-state index in [4.69, 9.17) is 19.6 Å². The second-order valence-corrected chi connectivity index (χ2v) is 6.15. The topological polar surface area (TPSA) is 125 Å². The van der Waals surface area contributed by atoms with Gasteiger partial charge in [-0.15, -0.1) is 0 Å². The summed E-state index contributed by atoms with van der Waals surface area (Å²) in [6.07, 6.45) is 0.967. The van der Waals surface area contributed by atoms with Crippen molar-refractivity contribution >= 4 is 28.8 Å². The van der Waals surface area contributed by atoms with Crippen molar-refractivity contribution in [3.05, 3.63) is 59.5 Å². The highest BCUT2D eigenvalue weighted by molar-refractivity contribution is 5.93. The van der Waals surface area contributed by atoms with E-state index in [-0.39, 0.29) is 36.4 Å². The zero-order valence-corrected chi connectivity index (χ0v) is 15.3. The zero-order valence-electron chi connectivity index (χ0n) is 15.3. The zero-order chi connectivity index (χ0) is 20.1. The lowest BCUT2D eigenvalue weighted by molar-refractivity contribution is -0.117. The fourth-order valence-corrected chi connectivity index (χ4v) is 2.58. The number of nitrogens with two attached hydrogens (primary N) is 1. The molecule has 0 aliphatic rings. The summed E-state index contributed by atoms with van der Waals surface area (Å²) in [6.45, 7) is 1.70. The Morgan fingerprint density at radius 2 is 1.82 bits per heavy atom. The van der Waals surface area contributed by atoms with E-state index in [1.807, 2.05) is 0 Å². The molecule has 3 aromatic rings. The molecule has 0 aliphatic heterocycles. The van der Waals surface area contributed by atoms with Crippen molar-refractivity contribution in [2.24, 2.45) is 5.73 Å². The van der Waals surface area contributed by atoms with Crippen molar-refractivity contribution in [3.8, 4) is 0 Å². The molecule has 28 heavy (non-hydrogen) atoms. The van der Waals surface area contributed by atoms with Crippen molar-refractivity contribution in [1.82, 2.24) is 4.98 Å². The van der Waals surface area contributed by atoms with Crippen LogP contribution in [0.4, 0.5) is 0 Å². The number of furan rings is 1. The molecule has 0 amide bonds. The SMILES string of the molecule is CCC(OC(=O)c1ccc(CC(=O)CN)cc1)OC(=O)c1cc2occc2[nH]1. The van der Waals surface area contributed by atoms with Crippen molar-refractivity contribution < 1.29 is 28.3 Å². The second kappa shape index (κ2) is 8.53. The predicted octanol–water partition coefficient (Wildman–Crippen LogP) is 2.58. The highest BCUT2D eigenvalue weighted by atomic mass is 16.7. The number of aromatic nitrogens is 1. The molecule has 1 atom stereocenters. The van der Waals surface area contributed by atoms with Crippen molar-refractivity contribution in [2.45, 2.75) is 26.1 Å².